The van der Waals surface area contributed by atoms with Gasteiger partial charge in [0.15, 0.2) is 0 Å². The zero-order chi connectivity index (χ0) is 4.50. The molecule has 0 amide bonds. The van der Waals surface area contributed by atoms with Gasteiger partial charge in [-0.2, -0.15) is 0 Å². The summed E-state index contributed by atoms with van der Waals surface area (Å²) < 4.78 is 10.5. The Bertz CT molecular complexity index is 23.1. The Balaban J connectivity index is 3.02. The second kappa shape index (κ2) is 2.38. The Morgan fingerprint density at radius 2 is 1.20 bits per heavy atom. The topological polar surface area (TPSA) is 52.0 Å². The third kappa shape index (κ3) is 23.7. The Labute approximate surface area is 55.6 Å². The first-order valence-electron chi connectivity index (χ1n) is 0.604. The Hall–Kier alpha value is 2.04. The fourth-order valence-electron chi connectivity index (χ4n) is 0. The van der Waals surface area contributed by atoms with E-state index in [0.29, 0.717) is 0 Å². The minimum atomic E-state index is -1.76. The molecule has 0 aliphatic heterocycles. The predicted molar refractivity (Wildman–Crippen MR) is 36.4 cm³/mol. The van der Waals surface area contributed by atoms with Gasteiger partial charge in [-0.05, 0) is 0 Å². The standard InChI is InChI=1S/2HI.2H2N.Pd/h2*1H;2*1H2;/q;;2*-1;+4/p-2. The van der Waals surface area contributed by atoms with E-state index >= 15 is 0 Å². The summed E-state index contributed by atoms with van der Waals surface area (Å²) in [6.45, 7) is 0. The van der Waals surface area contributed by atoms with E-state index in [1.54, 1.807) is 0 Å². The van der Waals surface area contributed by atoms with Crippen molar-refractivity contribution in [3.05, 3.63) is 0 Å². The molecule has 0 radical (unpaired) electrons. The van der Waals surface area contributed by atoms with E-state index in [1.165, 1.54) is 0 Å². The summed E-state index contributed by atoms with van der Waals surface area (Å²) in [7, 11) is -1.76. The summed E-state index contributed by atoms with van der Waals surface area (Å²) in [6, 6.07) is 0. The van der Waals surface area contributed by atoms with Crippen LogP contribution in [0.25, 0.3) is 0 Å². The first-order chi connectivity index (χ1) is 2.00. The molecule has 0 saturated carbocycles. The molecule has 0 rings (SSSR count). The number of rotatable bonds is 0. The van der Waals surface area contributed by atoms with Crippen LogP contribution in [0.1, 0.15) is 0 Å². The van der Waals surface area contributed by atoms with Crippen LogP contribution in [0.2, 0.25) is 0 Å². The van der Waals surface area contributed by atoms with Gasteiger partial charge in [-0.15, -0.1) is 0 Å². The molecule has 0 heterocycles. The van der Waals surface area contributed by atoms with E-state index in [1.807, 2.05) is 0 Å². The van der Waals surface area contributed by atoms with Crippen molar-refractivity contribution < 1.29 is 8.80 Å². The summed E-state index contributed by atoms with van der Waals surface area (Å²) in [5.74, 6) is 0. The molecule has 0 aliphatic rings. The summed E-state index contributed by atoms with van der Waals surface area (Å²) in [5, 5.41) is 0. The van der Waals surface area contributed by atoms with Gasteiger partial charge in [0.05, 0.1) is 0 Å². The van der Waals surface area contributed by atoms with E-state index in [0.717, 1.165) is 0 Å². The van der Waals surface area contributed by atoms with Crippen LogP contribution in [0, 0.1) is 0 Å². The fourth-order valence-corrected chi connectivity index (χ4v) is 0. The SMILES string of the molecule is [NH2][Pd]([NH2])([I])[I]. The van der Waals surface area contributed by atoms with Crippen LogP contribution in [0.3, 0.4) is 0 Å². The molecule has 0 unspecified atom stereocenters. The molecule has 2 nitrogen and oxygen atoms in total. The molecule has 0 spiro atoms. The van der Waals surface area contributed by atoms with Gasteiger partial charge in [-0.3, -0.25) is 0 Å². The van der Waals surface area contributed by atoms with Crippen LogP contribution >= 0.6 is 39.0 Å². The molecule has 0 aromatic carbocycles. The van der Waals surface area contributed by atoms with Gasteiger partial charge in [0, 0.05) is 0 Å². The number of hydrogen-bond donors (Lipinski definition) is 2. The van der Waals surface area contributed by atoms with Crippen molar-refractivity contribution in [1.82, 2.24) is 0 Å². The van der Waals surface area contributed by atoms with Crippen molar-refractivity contribution in [2.24, 2.45) is 8.73 Å². The third-order valence-corrected chi connectivity index (χ3v) is 0. The zero-order valence-corrected chi connectivity index (χ0v) is 8.10. The molecular formula is H4I2N2Pd. The molecule has 0 saturated heterocycles. The van der Waals surface area contributed by atoms with E-state index in [9.17, 15) is 0 Å². The molecule has 4 N–H and O–H groups in total. The Morgan fingerprint density at radius 1 is 1.20 bits per heavy atom. The molecule has 0 aliphatic carbocycles. The summed E-state index contributed by atoms with van der Waals surface area (Å²) in [4.78, 5) is 0. The van der Waals surface area contributed by atoms with Gasteiger partial charge in [-0.1, -0.05) is 0 Å². The van der Waals surface area contributed by atoms with Crippen LogP contribution in [0.5, 0.6) is 0 Å². The van der Waals surface area contributed by atoms with Crippen molar-refractivity contribution in [3.63, 3.8) is 0 Å². The van der Waals surface area contributed by atoms with Crippen molar-refractivity contribution >= 4 is 39.0 Å². The van der Waals surface area contributed by atoms with Gasteiger partial charge >= 0.3 is 56.6 Å². The number of hydrogen-bond acceptors (Lipinski definition) is 2. The normalized spacial score (nSPS) is 15.2. The van der Waals surface area contributed by atoms with Gasteiger partial charge in [0.1, 0.15) is 0 Å². The summed E-state index contributed by atoms with van der Waals surface area (Å²) in [6.07, 6.45) is 0. The predicted octanol–water partition coefficient (Wildman–Crippen LogP) is 0.588. The van der Waals surface area contributed by atoms with Crippen LogP contribution < -0.4 is 8.73 Å². The Kier molecular flexibility index (Phi) is 3.35. The summed E-state index contributed by atoms with van der Waals surface area (Å²) >= 11 is 4.14. The number of nitrogens with two attached hydrogens (primary N) is 2. The molecule has 5 heteroatoms. The van der Waals surface area contributed by atoms with Crippen LogP contribution in [0.15, 0.2) is 0 Å². The molecule has 0 aromatic rings. The van der Waals surface area contributed by atoms with Gasteiger partial charge in [0.2, 0.25) is 0 Å². The van der Waals surface area contributed by atoms with Crippen molar-refractivity contribution in [1.29, 1.82) is 0 Å². The quantitative estimate of drug-likeness (QED) is 0.469. The molecule has 0 aromatic heterocycles. The van der Waals surface area contributed by atoms with Crippen LogP contribution in [-0.2, 0) is 8.80 Å². The van der Waals surface area contributed by atoms with Crippen LogP contribution in [-0.4, -0.2) is 0 Å². The van der Waals surface area contributed by atoms with E-state index < -0.39 is 8.80 Å². The molecule has 5 heavy (non-hydrogen) atoms. The van der Waals surface area contributed by atoms with Gasteiger partial charge < -0.3 is 0 Å². The Morgan fingerprint density at radius 3 is 1.20 bits per heavy atom. The minimum absolute atomic E-state index is 1.76. The molecule has 38 valence electrons. The average molecular weight is 392 g/mol. The van der Waals surface area contributed by atoms with Gasteiger partial charge in [-0.25, -0.2) is 0 Å². The average Bonchev–Trinajstić information content (AvgIpc) is 0.722. The monoisotopic (exact) mass is 392 g/mol. The molecular weight excluding hydrogens is 388 g/mol. The van der Waals surface area contributed by atoms with E-state index in [4.69, 9.17) is 8.73 Å². The van der Waals surface area contributed by atoms with Crippen molar-refractivity contribution in [2.45, 2.75) is 0 Å². The maximum absolute atomic E-state index is 5.26. The zero-order valence-electron chi connectivity index (χ0n) is 2.23. The van der Waals surface area contributed by atoms with Crippen molar-refractivity contribution in [3.8, 4) is 0 Å². The second-order valence-corrected chi connectivity index (χ2v) is 23.6. The second-order valence-electron chi connectivity index (χ2n) is 0.427. The van der Waals surface area contributed by atoms with Crippen LogP contribution in [0.4, 0.5) is 0 Å². The first kappa shape index (κ1) is 7.04. The first-order valence-corrected chi connectivity index (χ1v) is 11.6. The van der Waals surface area contributed by atoms with Gasteiger partial charge in [0.25, 0.3) is 0 Å². The molecule has 0 fully saturated rings. The molecule has 0 atom stereocenters. The van der Waals surface area contributed by atoms with Crippen molar-refractivity contribution in [2.75, 3.05) is 0 Å². The van der Waals surface area contributed by atoms with E-state index in [2.05, 4.69) is 39.0 Å². The third-order valence-electron chi connectivity index (χ3n) is 0. The molecule has 0 bridgehead atoms. The number of halogens is 2. The van der Waals surface area contributed by atoms with E-state index in [-0.39, 0.29) is 0 Å². The maximum atomic E-state index is 5.26. The fraction of sp³-hybridized carbons (Fsp3) is 0. The summed E-state index contributed by atoms with van der Waals surface area (Å²) in [5.41, 5.74) is 0.